The maximum Gasteiger partial charge on any atom is 0.246 e. The Morgan fingerprint density at radius 3 is 2.52 bits per heavy atom. The molecule has 0 aliphatic heterocycles. The molecule has 154 valence electrons. The molecule has 9 heteroatoms. The molecule has 2 aromatic heterocycles. The summed E-state index contributed by atoms with van der Waals surface area (Å²) in [6.07, 6.45) is 5.02. The molecule has 0 bridgehead atoms. The van der Waals surface area contributed by atoms with E-state index in [4.69, 9.17) is 16.1 Å². The summed E-state index contributed by atoms with van der Waals surface area (Å²) in [5, 5.41) is 9.02. The molecule has 4 rings (SSSR count). The van der Waals surface area contributed by atoms with Crippen LogP contribution < -0.4 is 10.0 Å². The zero-order valence-corrected chi connectivity index (χ0v) is 17.8. The molecule has 2 heterocycles. The number of hydrogen-bond acceptors (Lipinski definition) is 6. The Bertz CT molecular complexity index is 1120. The summed E-state index contributed by atoms with van der Waals surface area (Å²) in [5.74, 6) is 0.315. The molecule has 7 nitrogen and oxygen atoms in total. The zero-order chi connectivity index (χ0) is 20.6. The lowest BCUT2D eigenvalue weighted by Gasteiger charge is -2.30. The fourth-order valence-electron chi connectivity index (χ4n) is 3.96. The first kappa shape index (κ1) is 20.1. The number of pyridine rings is 1. The second-order valence-electron chi connectivity index (χ2n) is 7.49. The number of hydrogen-bond donors (Lipinski definition) is 2. The van der Waals surface area contributed by atoms with E-state index in [0.717, 1.165) is 42.3 Å². The van der Waals surface area contributed by atoms with Gasteiger partial charge in [0.15, 0.2) is 5.76 Å². The van der Waals surface area contributed by atoms with Gasteiger partial charge < -0.3 is 9.84 Å². The van der Waals surface area contributed by atoms with E-state index >= 15 is 0 Å². The molecule has 3 aromatic rings. The Balaban J connectivity index is 1.40. The molecule has 1 fully saturated rings. The van der Waals surface area contributed by atoms with E-state index in [1.165, 1.54) is 0 Å². The molecule has 1 aliphatic carbocycles. The van der Waals surface area contributed by atoms with Crippen molar-refractivity contribution in [2.75, 3.05) is 5.32 Å². The normalized spacial score (nSPS) is 20.1. The van der Waals surface area contributed by atoms with Crippen molar-refractivity contribution >= 4 is 38.2 Å². The van der Waals surface area contributed by atoms with Gasteiger partial charge in [-0.1, -0.05) is 16.8 Å². The Morgan fingerprint density at radius 1 is 1.10 bits per heavy atom. The highest BCUT2D eigenvalue weighted by Gasteiger charge is 2.29. The van der Waals surface area contributed by atoms with Crippen LogP contribution in [0.3, 0.4) is 0 Å². The molecule has 29 heavy (non-hydrogen) atoms. The third-order valence-corrected chi connectivity index (χ3v) is 7.35. The second-order valence-corrected chi connectivity index (χ2v) is 9.57. The minimum absolute atomic E-state index is 0.0975. The molecule has 0 unspecified atom stereocenters. The molecule has 0 amide bonds. The van der Waals surface area contributed by atoms with Crippen LogP contribution in [0.5, 0.6) is 0 Å². The van der Waals surface area contributed by atoms with Gasteiger partial charge in [0, 0.05) is 34.4 Å². The number of fused-ring (bicyclic) bond motifs is 1. The fourth-order valence-corrected chi connectivity index (χ4v) is 5.76. The monoisotopic (exact) mass is 434 g/mol. The van der Waals surface area contributed by atoms with Crippen LogP contribution in [0, 0.1) is 13.8 Å². The Kier molecular flexibility index (Phi) is 5.50. The van der Waals surface area contributed by atoms with Gasteiger partial charge in [-0.15, -0.1) is 0 Å². The molecule has 1 saturated carbocycles. The van der Waals surface area contributed by atoms with E-state index in [1.54, 1.807) is 20.0 Å². The number of sulfonamides is 1. The maximum atomic E-state index is 12.7. The number of nitrogens with zero attached hydrogens (tertiary/aromatic N) is 2. The van der Waals surface area contributed by atoms with Gasteiger partial charge in [-0.3, -0.25) is 4.98 Å². The Labute approximate surface area is 174 Å². The van der Waals surface area contributed by atoms with Crippen LogP contribution in [0.15, 0.2) is 39.9 Å². The van der Waals surface area contributed by atoms with Crippen LogP contribution in [0.25, 0.3) is 10.9 Å². The third kappa shape index (κ3) is 4.24. The Morgan fingerprint density at radius 2 is 1.83 bits per heavy atom. The van der Waals surface area contributed by atoms with Gasteiger partial charge in [-0.05, 0) is 63.8 Å². The van der Waals surface area contributed by atoms with E-state index < -0.39 is 10.0 Å². The van der Waals surface area contributed by atoms with Gasteiger partial charge in [0.05, 0.1) is 5.52 Å². The highest BCUT2D eigenvalue weighted by molar-refractivity contribution is 7.89. The van der Waals surface area contributed by atoms with Crippen LogP contribution >= 0.6 is 11.6 Å². The van der Waals surface area contributed by atoms with Crippen molar-refractivity contribution in [2.24, 2.45) is 0 Å². The van der Waals surface area contributed by atoms with Gasteiger partial charge in [-0.25, -0.2) is 13.1 Å². The van der Waals surface area contributed by atoms with Crippen LogP contribution in [0.1, 0.15) is 37.1 Å². The first-order valence-corrected chi connectivity index (χ1v) is 11.5. The average Bonchev–Trinajstić information content (AvgIpc) is 3.02. The van der Waals surface area contributed by atoms with Gasteiger partial charge in [0.25, 0.3) is 0 Å². The molecule has 0 saturated heterocycles. The number of anilines is 1. The summed E-state index contributed by atoms with van der Waals surface area (Å²) < 4.78 is 33.2. The standard InChI is InChI=1S/C20H23ClN4O3S/c1-12-20(13(2)28-24-12)29(26,27)25-16-6-4-15(5-7-16)23-18-9-10-22-19-11-14(21)3-8-17(18)19/h3,8-11,15-16,25H,4-7H2,1-2H3,(H,22,23)/t15-,16+. The van der Waals surface area contributed by atoms with Crippen molar-refractivity contribution in [1.82, 2.24) is 14.9 Å². The third-order valence-electron chi connectivity index (χ3n) is 5.35. The topological polar surface area (TPSA) is 97.1 Å². The van der Waals surface area contributed by atoms with E-state index in [-0.39, 0.29) is 17.0 Å². The summed E-state index contributed by atoms with van der Waals surface area (Å²) in [5.41, 5.74) is 2.25. The predicted molar refractivity (Wildman–Crippen MR) is 113 cm³/mol. The smallest absolute Gasteiger partial charge is 0.246 e. The lowest BCUT2D eigenvalue weighted by Crippen LogP contribution is -2.40. The highest BCUT2D eigenvalue weighted by Crippen LogP contribution is 2.29. The van der Waals surface area contributed by atoms with Crippen LogP contribution in [0.2, 0.25) is 5.02 Å². The largest absolute Gasteiger partial charge is 0.382 e. The van der Waals surface area contributed by atoms with Crippen LogP contribution in [-0.4, -0.2) is 30.6 Å². The highest BCUT2D eigenvalue weighted by atomic mass is 35.5. The molecule has 1 aliphatic rings. The van der Waals surface area contributed by atoms with Crippen LogP contribution in [-0.2, 0) is 10.0 Å². The number of nitrogens with one attached hydrogen (secondary N) is 2. The van der Waals surface area contributed by atoms with Crippen molar-refractivity contribution < 1.29 is 12.9 Å². The summed E-state index contributed by atoms with van der Waals surface area (Å²) in [7, 11) is -3.63. The number of halogens is 1. The van der Waals surface area contributed by atoms with Crippen molar-refractivity contribution in [2.45, 2.75) is 56.5 Å². The van der Waals surface area contributed by atoms with Crippen LogP contribution in [0.4, 0.5) is 5.69 Å². The quantitative estimate of drug-likeness (QED) is 0.624. The summed E-state index contributed by atoms with van der Waals surface area (Å²) in [6.45, 7) is 3.25. The maximum absolute atomic E-state index is 12.7. The average molecular weight is 435 g/mol. The minimum atomic E-state index is -3.63. The number of benzene rings is 1. The van der Waals surface area contributed by atoms with Crippen molar-refractivity contribution in [3.63, 3.8) is 0 Å². The van der Waals surface area contributed by atoms with Crippen molar-refractivity contribution in [3.8, 4) is 0 Å². The van der Waals surface area contributed by atoms with Crippen molar-refractivity contribution in [1.29, 1.82) is 0 Å². The Hall–Kier alpha value is -2.16. The van der Waals surface area contributed by atoms with E-state index in [0.29, 0.717) is 16.5 Å². The van der Waals surface area contributed by atoms with Gasteiger partial charge in [0.1, 0.15) is 10.6 Å². The van der Waals surface area contributed by atoms with Crippen molar-refractivity contribution in [3.05, 3.63) is 46.9 Å². The summed E-state index contributed by atoms with van der Waals surface area (Å²) >= 11 is 6.06. The first-order chi connectivity index (χ1) is 13.8. The fraction of sp³-hybridized carbons (Fsp3) is 0.400. The summed E-state index contributed by atoms with van der Waals surface area (Å²) in [4.78, 5) is 4.53. The number of rotatable bonds is 5. The minimum Gasteiger partial charge on any atom is -0.382 e. The van der Waals surface area contributed by atoms with Gasteiger partial charge in [0.2, 0.25) is 10.0 Å². The van der Waals surface area contributed by atoms with Gasteiger partial charge >= 0.3 is 0 Å². The molecular weight excluding hydrogens is 412 g/mol. The molecular formula is C20H23ClN4O3S. The molecule has 2 N–H and O–H groups in total. The number of aryl methyl sites for hydroxylation is 2. The molecule has 0 spiro atoms. The zero-order valence-electron chi connectivity index (χ0n) is 16.3. The van der Waals surface area contributed by atoms with E-state index in [9.17, 15) is 8.42 Å². The van der Waals surface area contributed by atoms with Gasteiger partial charge in [-0.2, -0.15) is 0 Å². The summed E-state index contributed by atoms with van der Waals surface area (Å²) in [6, 6.07) is 7.81. The molecule has 0 atom stereocenters. The lowest BCUT2D eigenvalue weighted by molar-refractivity contribution is 0.384. The first-order valence-electron chi connectivity index (χ1n) is 9.59. The SMILES string of the molecule is Cc1noc(C)c1S(=O)(=O)N[C@H]1CC[C@@H](Nc2ccnc3cc(Cl)ccc23)CC1. The molecule has 0 radical (unpaired) electrons. The lowest BCUT2D eigenvalue weighted by atomic mass is 9.91. The number of aromatic nitrogens is 2. The second kappa shape index (κ2) is 7.93. The molecule has 1 aromatic carbocycles. The van der Waals surface area contributed by atoms with E-state index in [1.807, 2.05) is 24.3 Å². The van der Waals surface area contributed by atoms with E-state index in [2.05, 4.69) is 20.2 Å². The predicted octanol–water partition coefficient (Wildman–Crippen LogP) is 4.19.